The van der Waals surface area contributed by atoms with E-state index in [0.29, 0.717) is 0 Å². The van der Waals surface area contributed by atoms with Crippen molar-refractivity contribution in [3.8, 4) is 0 Å². The van der Waals surface area contributed by atoms with Gasteiger partial charge in [-0.15, -0.1) is 0 Å². The van der Waals surface area contributed by atoms with E-state index in [1.807, 2.05) is 23.9 Å². The van der Waals surface area contributed by atoms with E-state index < -0.39 is 0 Å². The van der Waals surface area contributed by atoms with Gasteiger partial charge in [0, 0.05) is 37.8 Å². The molecular weight excluding hydrogens is 284 g/mol. The van der Waals surface area contributed by atoms with Crippen molar-refractivity contribution < 1.29 is 0 Å². The minimum atomic E-state index is 0.769. The average Bonchev–Trinajstić information content (AvgIpc) is 2.73. The number of nitrogens with one attached hydrogen (secondary N) is 1. The second kappa shape index (κ2) is 6.96. The van der Waals surface area contributed by atoms with Crippen LogP contribution in [0.1, 0.15) is 23.7 Å². The minimum absolute atomic E-state index is 0.769. The van der Waals surface area contributed by atoms with Gasteiger partial charge in [-0.3, -0.25) is 4.68 Å². The first-order chi connectivity index (χ1) is 10.0. The zero-order valence-corrected chi connectivity index (χ0v) is 13.9. The summed E-state index contributed by atoms with van der Waals surface area (Å²) in [6.07, 6.45) is 0. The molecule has 0 unspecified atom stereocenters. The van der Waals surface area contributed by atoms with Crippen LogP contribution in [0.2, 0.25) is 5.02 Å². The molecule has 0 spiro atoms. The summed E-state index contributed by atoms with van der Waals surface area (Å²) >= 11 is 5.94. The number of aryl methyl sites for hydroxylation is 2. The predicted octanol–water partition coefficient (Wildman–Crippen LogP) is 3.13. The van der Waals surface area contributed by atoms with Gasteiger partial charge in [0.25, 0.3) is 0 Å². The van der Waals surface area contributed by atoms with Gasteiger partial charge in [0.2, 0.25) is 0 Å². The first kappa shape index (κ1) is 15.9. The summed E-state index contributed by atoms with van der Waals surface area (Å²) in [5.74, 6) is 1.16. The molecule has 0 saturated heterocycles. The summed E-state index contributed by atoms with van der Waals surface area (Å²) in [7, 11) is 4.09. The molecule has 1 heterocycles. The number of benzene rings is 1. The Morgan fingerprint density at radius 3 is 2.57 bits per heavy atom. The third-order valence-electron chi connectivity index (χ3n) is 3.56. The SMILES string of the molecule is CCNCc1c(C)nn(C)c1N(C)Cc1ccc(Cl)cc1. The molecule has 0 bridgehead atoms. The fourth-order valence-electron chi connectivity index (χ4n) is 2.56. The molecule has 1 N–H and O–H groups in total. The van der Waals surface area contributed by atoms with Gasteiger partial charge in [0.1, 0.15) is 5.82 Å². The molecule has 0 amide bonds. The van der Waals surface area contributed by atoms with Crippen LogP contribution in [0.4, 0.5) is 5.82 Å². The Hall–Kier alpha value is -1.52. The molecular formula is C16H23ClN4. The van der Waals surface area contributed by atoms with Crippen molar-refractivity contribution in [1.29, 1.82) is 0 Å². The lowest BCUT2D eigenvalue weighted by atomic mass is 10.2. The van der Waals surface area contributed by atoms with Gasteiger partial charge in [-0.2, -0.15) is 5.10 Å². The molecule has 4 nitrogen and oxygen atoms in total. The number of rotatable bonds is 6. The maximum Gasteiger partial charge on any atom is 0.131 e. The Balaban J connectivity index is 2.21. The van der Waals surface area contributed by atoms with E-state index >= 15 is 0 Å². The summed E-state index contributed by atoms with van der Waals surface area (Å²) in [5, 5.41) is 8.71. The molecule has 0 aliphatic heterocycles. The summed E-state index contributed by atoms with van der Waals surface area (Å²) in [5.41, 5.74) is 3.57. The van der Waals surface area contributed by atoms with E-state index in [4.69, 9.17) is 11.6 Å². The van der Waals surface area contributed by atoms with Gasteiger partial charge >= 0.3 is 0 Å². The molecule has 1 aromatic heterocycles. The highest BCUT2D eigenvalue weighted by atomic mass is 35.5. The molecule has 5 heteroatoms. The number of halogens is 1. The maximum absolute atomic E-state index is 5.94. The lowest BCUT2D eigenvalue weighted by Gasteiger charge is -2.21. The highest BCUT2D eigenvalue weighted by Gasteiger charge is 2.16. The molecule has 0 aliphatic carbocycles. The fourth-order valence-corrected chi connectivity index (χ4v) is 2.69. The number of hydrogen-bond acceptors (Lipinski definition) is 3. The first-order valence-corrected chi connectivity index (χ1v) is 7.59. The van der Waals surface area contributed by atoms with E-state index in [0.717, 1.165) is 36.2 Å². The quantitative estimate of drug-likeness (QED) is 0.890. The summed E-state index contributed by atoms with van der Waals surface area (Å²) < 4.78 is 1.96. The van der Waals surface area contributed by atoms with Gasteiger partial charge in [-0.25, -0.2) is 0 Å². The summed E-state index contributed by atoms with van der Waals surface area (Å²) in [4.78, 5) is 2.23. The lowest BCUT2D eigenvalue weighted by molar-refractivity contribution is 0.709. The van der Waals surface area contributed by atoms with Crippen LogP contribution in [0.15, 0.2) is 24.3 Å². The van der Waals surface area contributed by atoms with E-state index in [1.165, 1.54) is 11.1 Å². The van der Waals surface area contributed by atoms with Crippen LogP contribution in [0.3, 0.4) is 0 Å². The molecule has 2 rings (SSSR count). The third kappa shape index (κ3) is 3.77. The van der Waals surface area contributed by atoms with Gasteiger partial charge < -0.3 is 10.2 Å². The van der Waals surface area contributed by atoms with Crippen molar-refractivity contribution >= 4 is 17.4 Å². The van der Waals surface area contributed by atoms with E-state index in [2.05, 4.69) is 48.3 Å². The predicted molar refractivity (Wildman–Crippen MR) is 88.9 cm³/mol. The number of hydrogen-bond donors (Lipinski definition) is 1. The molecule has 0 radical (unpaired) electrons. The molecule has 114 valence electrons. The fraction of sp³-hybridized carbons (Fsp3) is 0.438. The van der Waals surface area contributed by atoms with Crippen molar-refractivity contribution in [3.63, 3.8) is 0 Å². The molecule has 1 aromatic carbocycles. The van der Waals surface area contributed by atoms with Crippen molar-refractivity contribution in [3.05, 3.63) is 46.1 Å². The highest BCUT2D eigenvalue weighted by molar-refractivity contribution is 6.30. The largest absolute Gasteiger partial charge is 0.355 e. The van der Waals surface area contributed by atoms with Crippen molar-refractivity contribution in [1.82, 2.24) is 15.1 Å². The zero-order chi connectivity index (χ0) is 15.4. The van der Waals surface area contributed by atoms with Crippen LogP contribution >= 0.6 is 11.6 Å². The Bertz CT molecular complexity index is 589. The number of anilines is 1. The maximum atomic E-state index is 5.94. The smallest absolute Gasteiger partial charge is 0.131 e. The Labute approximate surface area is 131 Å². The second-order valence-electron chi connectivity index (χ2n) is 5.27. The standard InChI is InChI=1S/C16H23ClN4/c1-5-18-10-15-12(2)19-21(4)16(15)20(3)11-13-6-8-14(17)9-7-13/h6-9,18H,5,10-11H2,1-4H3. The second-order valence-corrected chi connectivity index (χ2v) is 5.71. The first-order valence-electron chi connectivity index (χ1n) is 7.21. The van der Waals surface area contributed by atoms with Crippen LogP contribution in [-0.2, 0) is 20.1 Å². The minimum Gasteiger partial charge on any atom is -0.355 e. The van der Waals surface area contributed by atoms with Crippen LogP contribution in [0.5, 0.6) is 0 Å². The van der Waals surface area contributed by atoms with Gasteiger partial charge in [-0.05, 0) is 31.2 Å². The van der Waals surface area contributed by atoms with Gasteiger partial charge in [-0.1, -0.05) is 30.7 Å². The topological polar surface area (TPSA) is 33.1 Å². The van der Waals surface area contributed by atoms with Crippen LogP contribution in [-0.4, -0.2) is 23.4 Å². The summed E-state index contributed by atoms with van der Waals surface area (Å²) in [6, 6.07) is 7.98. The third-order valence-corrected chi connectivity index (χ3v) is 3.81. The monoisotopic (exact) mass is 306 g/mol. The molecule has 2 aromatic rings. The van der Waals surface area contributed by atoms with E-state index in [9.17, 15) is 0 Å². The molecule has 0 atom stereocenters. The van der Waals surface area contributed by atoms with Gasteiger partial charge in [0.15, 0.2) is 0 Å². The van der Waals surface area contributed by atoms with E-state index in [-0.39, 0.29) is 0 Å². The highest BCUT2D eigenvalue weighted by Crippen LogP contribution is 2.24. The average molecular weight is 307 g/mol. The van der Waals surface area contributed by atoms with E-state index in [1.54, 1.807) is 0 Å². The number of aromatic nitrogens is 2. The Kier molecular flexibility index (Phi) is 5.26. The molecule has 0 saturated carbocycles. The van der Waals surface area contributed by atoms with Crippen molar-refractivity contribution in [2.45, 2.75) is 26.9 Å². The lowest BCUT2D eigenvalue weighted by Crippen LogP contribution is -2.22. The van der Waals surface area contributed by atoms with Crippen LogP contribution in [0, 0.1) is 6.92 Å². The Morgan fingerprint density at radius 1 is 1.29 bits per heavy atom. The molecule has 21 heavy (non-hydrogen) atoms. The summed E-state index contributed by atoms with van der Waals surface area (Å²) in [6.45, 7) is 6.80. The molecule has 0 aliphatic rings. The molecule has 0 fully saturated rings. The Morgan fingerprint density at radius 2 is 1.95 bits per heavy atom. The van der Waals surface area contributed by atoms with Crippen molar-refractivity contribution in [2.75, 3.05) is 18.5 Å². The zero-order valence-electron chi connectivity index (χ0n) is 13.2. The number of nitrogens with zero attached hydrogens (tertiary/aromatic N) is 3. The van der Waals surface area contributed by atoms with Gasteiger partial charge in [0.05, 0.1) is 5.69 Å². The normalized spacial score (nSPS) is 10.9. The van der Waals surface area contributed by atoms with Crippen LogP contribution < -0.4 is 10.2 Å². The van der Waals surface area contributed by atoms with Crippen LogP contribution in [0.25, 0.3) is 0 Å². The van der Waals surface area contributed by atoms with Crippen molar-refractivity contribution in [2.24, 2.45) is 7.05 Å².